The summed E-state index contributed by atoms with van der Waals surface area (Å²) in [5.74, 6) is -1.61. The van der Waals surface area contributed by atoms with Crippen LogP contribution >= 0.6 is 31.9 Å². The first-order valence-corrected chi connectivity index (χ1v) is 11.8. The maximum Gasteiger partial charge on any atom is 0.552 e. The number of hydrogen-bond donors (Lipinski definition) is 2. The van der Waals surface area contributed by atoms with Crippen LogP contribution < -0.4 is 10.6 Å². The van der Waals surface area contributed by atoms with E-state index in [2.05, 4.69) is 42.5 Å². The minimum Gasteiger partial charge on any atom is -0.506 e. The summed E-state index contributed by atoms with van der Waals surface area (Å²) >= 11 is 6.66. The Morgan fingerprint density at radius 2 is 1.84 bits per heavy atom. The van der Waals surface area contributed by atoms with Crippen molar-refractivity contribution in [3.63, 3.8) is 0 Å². The maximum absolute atomic E-state index is 12.6. The van der Waals surface area contributed by atoms with Crippen LogP contribution in [0.25, 0.3) is 0 Å². The highest BCUT2D eigenvalue weighted by molar-refractivity contribution is 9.11. The number of carbonyl (C=O) groups is 3. The van der Waals surface area contributed by atoms with Crippen molar-refractivity contribution in [1.82, 2.24) is 10.6 Å². The lowest BCUT2D eigenvalue weighted by molar-refractivity contribution is -0.136. The molecule has 32 heavy (non-hydrogen) atoms. The van der Waals surface area contributed by atoms with Crippen molar-refractivity contribution in [3.05, 3.63) is 68.6 Å². The zero-order chi connectivity index (χ0) is 23.3. The second-order valence-electron chi connectivity index (χ2n) is 7.84. The molecule has 10 heteroatoms. The minimum absolute atomic E-state index is 0.214. The summed E-state index contributed by atoms with van der Waals surface area (Å²) in [5.41, 5.74) is 1.10. The minimum atomic E-state index is -0.908. The Kier molecular flexibility index (Phi) is 8.50. The fourth-order valence-electron chi connectivity index (χ4n) is 3.34. The lowest BCUT2D eigenvalue weighted by Gasteiger charge is -2.21. The first-order chi connectivity index (χ1) is 15.2. The second kappa shape index (κ2) is 11.1. The van der Waals surface area contributed by atoms with Gasteiger partial charge >= 0.3 is 13.1 Å². The van der Waals surface area contributed by atoms with Gasteiger partial charge in [-0.25, -0.2) is 0 Å². The normalized spacial score (nSPS) is 16.6. The number of rotatable bonds is 8. The molecule has 0 spiro atoms. The van der Waals surface area contributed by atoms with Crippen LogP contribution in [-0.4, -0.2) is 37.4 Å². The SMILES string of the molecule is CC(C)C[C@H](NC(=O)CNC(=O)c1cc(Br)ccc1Br)B1OC(=O)[C@@H](c2ccccc2)O1. The van der Waals surface area contributed by atoms with E-state index in [0.29, 0.717) is 22.0 Å². The number of nitrogens with one attached hydrogen (secondary N) is 2. The van der Waals surface area contributed by atoms with Crippen molar-refractivity contribution in [2.75, 3.05) is 6.54 Å². The summed E-state index contributed by atoms with van der Waals surface area (Å²) in [7, 11) is -0.908. The standard InChI is InChI=1S/C22H23BBr2N2O5/c1-13(2)10-18(23-31-20(22(30)32-23)14-6-4-3-5-7-14)27-19(28)12-26-21(29)16-11-15(24)8-9-17(16)25/h3-9,11,13,18,20H,10,12H2,1-2H3,(H,26,29)(H,27,28)/t18-,20+/m0/s1. The third-order valence-corrected chi connectivity index (χ3v) is 5.99. The van der Waals surface area contributed by atoms with Gasteiger partial charge in [0.15, 0.2) is 6.10 Å². The molecule has 3 rings (SSSR count). The van der Waals surface area contributed by atoms with Crippen LogP contribution in [0.2, 0.25) is 0 Å². The molecule has 0 bridgehead atoms. The van der Waals surface area contributed by atoms with E-state index in [9.17, 15) is 14.4 Å². The highest BCUT2D eigenvalue weighted by atomic mass is 79.9. The molecule has 0 aromatic heterocycles. The van der Waals surface area contributed by atoms with E-state index in [1.54, 1.807) is 30.3 Å². The largest absolute Gasteiger partial charge is 0.552 e. The molecule has 1 aliphatic rings. The first-order valence-electron chi connectivity index (χ1n) is 10.2. The lowest BCUT2D eigenvalue weighted by atomic mass is 9.74. The molecule has 1 fully saturated rings. The maximum atomic E-state index is 12.6. The average Bonchev–Trinajstić information content (AvgIpc) is 3.15. The highest BCUT2D eigenvalue weighted by Gasteiger charge is 2.46. The molecule has 2 N–H and O–H groups in total. The smallest absolute Gasteiger partial charge is 0.506 e. The fraction of sp³-hybridized carbons (Fsp3) is 0.318. The summed E-state index contributed by atoms with van der Waals surface area (Å²) in [4.78, 5) is 37.4. The highest BCUT2D eigenvalue weighted by Crippen LogP contribution is 2.28. The van der Waals surface area contributed by atoms with Gasteiger partial charge in [-0.3, -0.25) is 14.4 Å². The summed E-state index contributed by atoms with van der Waals surface area (Å²) in [6.07, 6.45) is -0.294. The summed E-state index contributed by atoms with van der Waals surface area (Å²) in [6.45, 7) is 3.77. The quantitative estimate of drug-likeness (QED) is 0.475. The monoisotopic (exact) mass is 564 g/mol. The van der Waals surface area contributed by atoms with Crippen molar-refractivity contribution < 1.29 is 23.7 Å². The predicted octanol–water partition coefficient (Wildman–Crippen LogP) is 3.81. The molecule has 1 saturated heterocycles. The van der Waals surface area contributed by atoms with Crippen LogP contribution in [0.3, 0.4) is 0 Å². The topological polar surface area (TPSA) is 93.7 Å². The molecule has 2 amide bonds. The van der Waals surface area contributed by atoms with Crippen LogP contribution in [0.1, 0.15) is 42.3 Å². The summed E-state index contributed by atoms with van der Waals surface area (Å²) in [5, 5.41) is 5.45. The van der Waals surface area contributed by atoms with Crippen molar-refractivity contribution >= 4 is 56.8 Å². The summed E-state index contributed by atoms with van der Waals surface area (Å²) in [6, 6.07) is 14.3. The van der Waals surface area contributed by atoms with Crippen LogP contribution in [0.15, 0.2) is 57.5 Å². The van der Waals surface area contributed by atoms with Crippen molar-refractivity contribution in [2.24, 2.45) is 5.92 Å². The van der Waals surface area contributed by atoms with E-state index in [-0.39, 0.29) is 18.4 Å². The molecule has 2 aromatic carbocycles. The van der Waals surface area contributed by atoms with Crippen LogP contribution in [0.4, 0.5) is 0 Å². The van der Waals surface area contributed by atoms with E-state index in [1.807, 2.05) is 32.0 Å². The Bertz CT molecular complexity index is 990. The number of amides is 2. The van der Waals surface area contributed by atoms with Gasteiger partial charge in [0.2, 0.25) is 5.91 Å². The Morgan fingerprint density at radius 1 is 1.12 bits per heavy atom. The molecule has 1 heterocycles. The van der Waals surface area contributed by atoms with E-state index < -0.39 is 31.0 Å². The van der Waals surface area contributed by atoms with Gasteiger partial charge in [-0.2, -0.15) is 0 Å². The Balaban J connectivity index is 1.61. The van der Waals surface area contributed by atoms with Gasteiger partial charge in [0.1, 0.15) is 0 Å². The molecule has 7 nitrogen and oxygen atoms in total. The van der Waals surface area contributed by atoms with Crippen LogP contribution in [-0.2, 0) is 18.9 Å². The average molecular weight is 566 g/mol. The van der Waals surface area contributed by atoms with E-state index >= 15 is 0 Å². The number of hydrogen-bond acceptors (Lipinski definition) is 5. The zero-order valence-electron chi connectivity index (χ0n) is 17.6. The summed E-state index contributed by atoms with van der Waals surface area (Å²) < 4.78 is 12.7. The molecular formula is C22H23BBr2N2O5. The molecule has 168 valence electrons. The molecular weight excluding hydrogens is 543 g/mol. The van der Waals surface area contributed by atoms with Crippen molar-refractivity contribution in [1.29, 1.82) is 0 Å². The Morgan fingerprint density at radius 3 is 2.53 bits per heavy atom. The fourth-order valence-corrected chi connectivity index (χ4v) is 4.13. The van der Waals surface area contributed by atoms with Gasteiger partial charge in [-0.15, -0.1) is 0 Å². The lowest BCUT2D eigenvalue weighted by Crippen LogP contribution is -2.50. The van der Waals surface area contributed by atoms with Gasteiger partial charge in [0.05, 0.1) is 18.0 Å². The number of halogens is 2. The van der Waals surface area contributed by atoms with Crippen LogP contribution in [0.5, 0.6) is 0 Å². The molecule has 0 saturated carbocycles. The van der Waals surface area contributed by atoms with E-state index in [0.717, 1.165) is 4.47 Å². The van der Waals surface area contributed by atoms with E-state index in [4.69, 9.17) is 9.31 Å². The molecule has 2 atom stereocenters. The van der Waals surface area contributed by atoms with E-state index in [1.165, 1.54) is 0 Å². The second-order valence-corrected chi connectivity index (χ2v) is 9.61. The van der Waals surface area contributed by atoms with Gasteiger partial charge < -0.3 is 19.9 Å². The van der Waals surface area contributed by atoms with Crippen LogP contribution in [0, 0.1) is 5.92 Å². The molecule has 0 radical (unpaired) electrons. The Hall–Kier alpha value is -2.17. The number of carbonyl (C=O) groups excluding carboxylic acids is 3. The third kappa shape index (κ3) is 6.43. The van der Waals surface area contributed by atoms with Gasteiger partial charge in [-0.1, -0.05) is 60.1 Å². The molecule has 2 aromatic rings. The van der Waals surface area contributed by atoms with Crippen molar-refractivity contribution in [3.8, 4) is 0 Å². The Labute approximate surface area is 204 Å². The molecule has 0 unspecified atom stereocenters. The zero-order valence-corrected chi connectivity index (χ0v) is 20.8. The van der Waals surface area contributed by atoms with Crippen molar-refractivity contribution in [2.45, 2.75) is 32.3 Å². The first kappa shape index (κ1) is 24.5. The molecule has 1 aliphatic heterocycles. The van der Waals surface area contributed by atoms with Gasteiger partial charge in [0, 0.05) is 8.95 Å². The van der Waals surface area contributed by atoms with Gasteiger partial charge in [-0.05, 0) is 52.0 Å². The number of benzene rings is 2. The van der Waals surface area contributed by atoms with Gasteiger partial charge in [0.25, 0.3) is 5.91 Å². The predicted molar refractivity (Wildman–Crippen MR) is 128 cm³/mol. The third-order valence-electron chi connectivity index (χ3n) is 4.80. The molecule has 0 aliphatic carbocycles.